The maximum absolute atomic E-state index is 11.9. The van der Waals surface area contributed by atoms with Gasteiger partial charge in [-0.05, 0) is 37.1 Å². The lowest BCUT2D eigenvalue weighted by atomic mass is 10.1. The van der Waals surface area contributed by atoms with Crippen LogP contribution < -0.4 is 10.5 Å². The Labute approximate surface area is 124 Å². The Hall–Kier alpha value is -0.760. The molecule has 0 aliphatic carbocycles. The van der Waals surface area contributed by atoms with Crippen molar-refractivity contribution in [3.63, 3.8) is 0 Å². The number of benzene rings is 1. The van der Waals surface area contributed by atoms with Gasteiger partial charge in [0.25, 0.3) is 0 Å². The zero-order valence-electron chi connectivity index (χ0n) is 11.2. The van der Waals surface area contributed by atoms with Gasteiger partial charge in [0.2, 0.25) is 10.0 Å². The summed E-state index contributed by atoms with van der Waals surface area (Å²) in [6.45, 7) is 1.20. The molecule has 1 aromatic rings. The summed E-state index contributed by atoms with van der Waals surface area (Å²) < 4.78 is 31.9. The Morgan fingerprint density at radius 2 is 2.10 bits per heavy atom. The van der Waals surface area contributed by atoms with Gasteiger partial charge in [-0.15, -0.1) is 11.8 Å². The summed E-state index contributed by atoms with van der Waals surface area (Å²) in [5.41, 5.74) is 6.31. The normalized spacial score (nSPS) is 19.9. The van der Waals surface area contributed by atoms with Crippen LogP contribution >= 0.6 is 11.8 Å². The molecule has 0 spiro atoms. The molecule has 0 amide bonds. The van der Waals surface area contributed by atoms with Crippen LogP contribution in [-0.4, -0.2) is 39.2 Å². The second kappa shape index (κ2) is 7.31. The van der Waals surface area contributed by atoms with Gasteiger partial charge in [-0.1, -0.05) is 0 Å². The molecule has 20 heavy (non-hydrogen) atoms. The quantitative estimate of drug-likeness (QED) is 0.613. The van der Waals surface area contributed by atoms with Crippen molar-refractivity contribution >= 4 is 27.5 Å². The minimum Gasteiger partial charge on any atom is -0.399 e. The molecular weight excluding hydrogens is 296 g/mol. The van der Waals surface area contributed by atoms with Gasteiger partial charge in [0, 0.05) is 29.0 Å². The largest absolute Gasteiger partial charge is 0.399 e. The highest BCUT2D eigenvalue weighted by atomic mass is 32.2. The van der Waals surface area contributed by atoms with Crippen LogP contribution in [0.4, 0.5) is 5.69 Å². The Balaban J connectivity index is 1.75. The smallest absolute Gasteiger partial charge is 0.212 e. The van der Waals surface area contributed by atoms with Crippen LogP contribution in [0.15, 0.2) is 29.2 Å². The van der Waals surface area contributed by atoms with E-state index in [2.05, 4.69) is 4.72 Å². The zero-order chi connectivity index (χ0) is 14.4. The number of nitrogens with one attached hydrogen (secondary N) is 1. The molecule has 1 fully saturated rings. The third-order valence-electron chi connectivity index (χ3n) is 3.01. The van der Waals surface area contributed by atoms with E-state index >= 15 is 0 Å². The summed E-state index contributed by atoms with van der Waals surface area (Å²) in [5.74, 6) is 0.630. The van der Waals surface area contributed by atoms with E-state index in [1.54, 1.807) is 0 Å². The van der Waals surface area contributed by atoms with E-state index in [4.69, 9.17) is 10.5 Å². The predicted molar refractivity (Wildman–Crippen MR) is 82.3 cm³/mol. The van der Waals surface area contributed by atoms with E-state index in [0.29, 0.717) is 18.0 Å². The summed E-state index contributed by atoms with van der Waals surface area (Å²) in [5, 5.41) is 0. The van der Waals surface area contributed by atoms with E-state index in [-0.39, 0.29) is 11.8 Å². The van der Waals surface area contributed by atoms with Crippen LogP contribution in [0, 0.1) is 0 Å². The maximum Gasteiger partial charge on any atom is 0.212 e. The van der Waals surface area contributed by atoms with E-state index in [0.717, 1.165) is 24.3 Å². The monoisotopic (exact) mass is 316 g/mol. The average Bonchev–Trinajstić information content (AvgIpc) is 2.41. The van der Waals surface area contributed by atoms with Crippen molar-refractivity contribution in [2.24, 2.45) is 0 Å². The Morgan fingerprint density at radius 1 is 1.35 bits per heavy atom. The summed E-state index contributed by atoms with van der Waals surface area (Å²) in [6, 6.07) is 7.35. The van der Waals surface area contributed by atoms with Gasteiger partial charge in [0.15, 0.2) is 0 Å². The van der Waals surface area contributed by atoms with Gasteiger partial charge >= 0.3 is 0 Å². The van der Waals surface area contributed by atoms with Crippen molar-refractivity contribution in [1.82, 2.24) is 4.72 Å². The molecule has 0 bridgehead atoms. The fraction of sp³-hybridized carbons (Fsp3) is 0.538. The number of sulfonamides is 1. The molecule has 5 nitrogen and oxygen atoms in total. The molecule has 1 aliphatic heterocycles. The Morgan fingerprint density at radius 3 is 2.75 bits per heavy atom. The van der Waals surface area contributed by atoms with Gasteiger partial charge in [-0.25, -0.2) is 13.1 Å². The highest BCUT2D eigenvalue weighted by Crippen LogP contribution is 2.19. The number of anilines is 1. The zero-order valence-corrected chi connectivity index (χ0v) is 12.9. The molecule has 1 unspecified atom stereocenters. The molecule has 0 radical (unpaired) electrons. The predicted octanol–water partition coefficient (Wildman–Crippen LogP) is 1.46. The van der Waals surface area contributed by atoms with Crippen molar-refractivity contribution in [1.29, 1.82) is 0 Å². The first-order chi connectivity index (χ1) is 9.55. The highest BCUT2D eigenvalue weighted by Gasteiger charge is 2.20. The van der Waals surface area contributed by atoms with E-state index in [1.165, 1.54) is 11.8 Å². The fourth-order valence-electron chi connectivity index (χ4n) is 1.98. The minimum absolute atomic E-state index is 0.0738. The Kier molecular flexibility index (Phi) is 5.71. The molecule has 1 heterocycles. The number of hydrogen-bond acceptors (Lipinski definition) is 5. The third kappa shape index (κ3) is 5.32. The molecular formula is C13H20N2O3S2. The molecule has 2 rings (SSSR count). The lowest BCUT2D eigenvalue weighted by Crippen LogP contribution is -2.41. The summed E-state index contributed by atoms with van der Waals surface area (Å²) in [7, 11) is -3.24. The van der Waals surface area contributed by atoms with Crippen molar-refractivity contribution in [2.45, 2.75) is 23.8 Å². The molecule has 1 aromatic carbocycles. The molecule has 3 N–H and O–H groups in total. The topological polar surface area (TPSA) is 81.4 Å². The fourth-order valence-corrected chi connectivity index (χ4v) is 4.57. The number of nitrogen functional groups attached to an aromatic ring is 1. The van der Waals surface area contributed by atoms with Crippen molar-refractivity contribution in [2.75, 3.05) is 30.5 Å². The van der Waals surface area contributed by atoms with Gasteiger partial charge in [0.05, 0.1) is 12.4 Å². The van der Waals surface area contributed by atoms with E-state index in [1.807, 2.05) is 24.3 Å². The molecule has 112 valence electrons. The second-order valence-corrected chi connectivity index (χ2v) is 7.81. The highest BCUT2D eigenvalue weighted by molar-refractivity contribution is 8.00. The summed E-state index contributed by atoms with van der Waals surface area (Å²) in [4.78, 5) is 1.02. The van der Waals surface area contributed by atoms with Crippen LogP contribution in [0.3, 0.4) is 0 Å². The summed E-state index contributed by atoms with van der Waals surface area (Å²) >= 11 is 1.51. The van der Waals surface area contributed by atoms with E-state index in [9.17, 15) is 8.42 Å². The van der Waals surface area contributed by atoms with Gasteiger partial charge in [-0.2, -0.15) is 0 Å². The lowest BCUT2D eigenvalue weighted by molar-refractivity contribution is 0.0774. The maximum atomic E-state index is 11.9. The van der Waals surface area contributed by atoms with Gasteiger partial charge in [0.1, 0.15) is 0 Å². The first-order valence-corrected chi connectivity index (χ1v) is 9.25. The standard InChI is InChI=1S/C13H20N2O3S2/c14-11-3-5-13(6-4-11)19-8-9-20(16,17)15-12-2-1-7-18-10-12/h3-6,12,15H,1-2,7-10,14H2. The van der Waals surface area contributed by atoms with Crippen LogP contribution in [0.1, 0.15) is 12.8 Å². The van der Waals surface area contributed by atoms with Gasteiger partial charge in [-0.3, -0.25) is 0 Å². The second-order valence-electron chi connectivity index (χ2n) is 4.77. The lowest BCUT2D eigenvalue weighted by Gasteiger charge is -2.22. The van der Waals surface area contributed by atoms with Crippen LogP contribution in [-0.2, 0) is 14.8 Å². The minimum atomic E-state index is -3.24. The van der Waals surface area contributed by atoms with Crippen LogP contribution in [0.25, 0.3) is 0 Å². The molecule has 0 aromatic heterocycles. The molecule has 0 saturated carbocycles. The molecule has 1 atom stereocenters. The number of rotatable bonds is 6. The SMILES string of the molecule is Nc1ccc(SCCS(=O)(=O)NC2CCCOC2)cc1. The molecule has 1 aliphatic rings. The number of thioether (sulfide) groups is 1. The molecule has 7 heteroatoms. The van der Waals surface area contributed by atoms with Crippen LogP contribution in [0.5, 0.6) is 0 Å². The first kappa shape index (κ1) is 15.6. The average molecular weight is 316 g/mol. The number of nitrogens with two attached hydrogens (primary N) is 1. The molecule has 1 saturated heterocycles. The van der Waals surface area contributed by atoms with Gasteiger partial charge < -0.3 is 10.5 Å². The van der Waals surface area contributed by atoms with Crippen LogP contribution in [0.2, 0.25) is 0 Å². The van der Waals surface area contributed by atoms with Crippen molar-refractivity contribution in [3.8, 4) is 0 Å². The van der Waals surface area contributed by atoms with E-state index < -0.39 is 10.0 Å². The first-order valence-electron chi connectivity index (χ1n) is 6.61. The number of ether oxygens (including phenoxy) is 1. The number of hydrogen-bond donors (Lipinski definition) is 2. The summed E-state index contributed by atoms with van der Waals surface area (Å²) in [6.07, 6.45) is 1.76. The van der Waals surface area contributed by atoms with Crippen molar-refractivity contribution in [3.05, 3.63) is 24.3 Å². The van der Waals surface area contributed by atoms with Crippen molar-refractivity contribution < 1.29 is 13.2 Å². The Bertz CT molecular complexity index is 511. The third-order valence-corrected chi connectivity index (χ3v) is 5.71.